The third kappa shape index (κ3) is 3.43. The second-order valence-corrected chi connectivity index (χ2v) is 5.59. The quantitative estimate of drug-likeness (QED) is 0.832. The van der Waals surface area contributed by atoms with Gasteiger partial charge in [0, 0.05) is 30.4 Å². The minimum Gasteiger partial charge on any atom is -0.306 e. The average molecular weight is 253 g/mol. The first-order chi connectivity index (χ1) is 8.24. The van der Waals surface area contributed by atoms with Crippen LogP contribution in [0.3, 0.4) is 0 Å². The summed E-state index contributed by atoms with van der Waals surface area (Å²) in [6.07, 6.45) is 8.71. The van der Waals surface area contributed by atoms with Gasteiger partial charge in [0.15, 0.2) is 0 Å². The summed E-state index contributed by atoms with van der Waals surface area (Å²) in [5.41, 5.74) is 1.42. The number of alkyl halides is 1. The topological polar surface area (TPSA) is 24.9 Å². The SMILES string of the molecule is CC1CCCC(CCl)(NCc2ccncc2)C1. The summed E-state index contributed by atoms with van der Waals surface area (Å²) in [5.74, 6) is 1.50. The molecular formula is C14H21ClN2. The summed E-state index contributed by atoms with van der Waals surface area (Å²) in [6.45, 7) is 3.22. The van der Waals surface area contributed by atoms with Gasteiger partial charge in [-0.2, -0.15) is 0 Å². The smallest absolute Gasteiger partial charge is 0.0406 e. The summed E-state index contributed by atoms with van der Waals surface area (Å²) in [5, 5.41) is 3.67. The number of rotatable bonds is 4. The molecule has 2 unspecified atom stereocenters. The van der Waals surface area contributed by atoms with Gasteiger partial charge in [0.25, 0.3) is 0 Å². The molecule has 1 N–H and O–H groups in total. The molecule has 2 rings (SSSR count). The second kappa shape index (κ2) is 5.83. The minimum absolute atomic E-state index is 0.141. The lowest BCUT2D eigenvalue weighted by atomic mass is 9.77. The number of hydrogen-bond donors (Lipinski definition) is 1. The Morgan fingerprint density at radius 2 is 2.24 bits per heavy atom. The van der Waals surface area contributed by atoms with Crippen molar-refractivity contribution in [3.05, 3.63) is 30.1 Å². The monoisotopic (exact) mass is 252 g/mol. The highest BCUT2D eigenvalue weighted by Crippen LogP contribution is 2.33. The Balaban J connectivity index is 1.95. The molecule has 0 radical (unpaired) electrons. The molecule has 0 aliphatic heterocycles. The third-order valence-electron chi connectivity index (χ3n) is 3.76. The zero-order valence-electron chi connectivity index (χ0n) is 10.5. The standard InChI is InChI=1S/C14H21ClN2/c1-12-3-2-6-14(9-12,11-15)17-10-13-4-7-16-8-5-13/h4-5,7-8,12,17H,2-3,6,9-11H2,1H3. The van der Waals surface area contributed by atoms with Gasteiger partial charge >= 0.3 is 0 Å². The minimum atomic E-state index is 0.141. The molecule has 1 aromatic rings. The maximum atomic E-state index is 6.19. The average Bonchev–Trinajstić information content (AvgIpc) is 2.38. The maximum Gasteiger partial charge on any atom is 0.0406 e. The van der Waals surface area contributed by atoms with E-state index < -0.39 is 0 Å². The molecule has 1 fully saturated rings. The molecule has 1 aliphatic carbocycles. The molecule has 0 aromatic carbocycles. The van der Waals surface area contributed by atoms with Gasteiger partial charge in [-0.15, -0.1) is 11.6 Å². The zero-order chi connectivity index (χ0) is 12.1. The van der Waals surface area contributed by atoms with E-state index >= 15 is 0 Å². The molecule has 17 heavy (non-hydrogen) atoms. The van der Waals surface area contributed by atoms with E-state index in [1.54, 1.807) is 0 Å². The molecular weight excluding hydrogens is 232 g/mol. The van der Waals surface area contributed by atoms with Crippen molar-refractivity contribution < 1.29 is 0 Å². The number of halogens is 1. The fraction of sp³-hybridized carbons (Fsp3) is 0.643. The largest absolute Gasteiger partial charge is 0.306 e. The van der Waals surface area contributed by atoms with E-state index in [0.29, 0.717) is 5.88 Å². The van der Waals surface area contributed by atoms with Crippen LogP contribution in [-0.2, 0) is 6.54 Å². The van der Waals surface area contributed by atoms with Crippen LogP contribution in [0.1, 0.15) is 38.2 Å². The van der Waals surface area contributed by atoms with E-state index in [1.807, 2.05) is 12.4 Å². The number of pyridine rings is 1. The Morgan fingerprint density at radius 3 is 2.88 bits per heavy atom. The van der Waals surface area contributed by atoms with Crippen LogP contribution in [0.4, 0.5) is 0 Å². The Morgan fingerprint density at radius 1 is 1.47 bits per heavy atom. The van der Waals surface area contributed by atoms with Crippen LogP contribution in [0.2, 0.25) is 0 Å². The van der Waals surface area contributed by atoms with Crippen LogP contribution in [-0.4, -0.2) is 16.4 Å². The molecule has 2 nitrogen and oxygen atoms in total. The zero-order valence-corrected chi connectivity index (χ0v) is 11.2. The van der Waals surface area contributed by atoms with Gasteiger partial charge in [-0.05, 0) is 36.5 Å². The van der Waals surface area contributed by atoms with Gasteiger partial charge in [-0.3, -0.25) is 4.98 Å². The molecule has 2 atom stereocenters. The van der Waals surface area contributed by atoms with Crippen molar-refractivity contribution >= 4 is 11.6 Å². The van der Waals surface area contributed by atoms with Gasteiger partial charge in [-0.25, -0.2) is 0 Å². The fourth-order valence-electron chi connectivity index (χ4n) is 2.78. The summed E-state index contributed by atoms with van der Waals surface area (Å²) in [4.78, 5) is 4.04. The van der Waals surface area contributed by atoms with Crippen LogP contribution in [0.15, 0.2) is 24.5 Å². The molecule has 1 heterocycles. The number of hydrogen-bond acceptors (Lipinski definition) is 2. The Bertz CT molecular complexity index is 341. The second-order valence-electron chi connectivity index (χ2n) is 5.32. The molecule has 3 heteroatoms. The summed E-state index contributed by atoms with van der Waals surface area (Å²) in [7, 11) is 0. The number of nitrogens with zero attached hydrogens (tertiary/aromatic N) is 1. The number of aromatic nitrogens is 1. The van der Waals surface area contributed by atoms with Crippen molar-refractivity contribution in [2.45, 2.75) is 44.7 Å². The van der Waals surface area contributed by atoms with E-state index in [1.165, 1.54) is 31.2 Å². The Kier molecular flexibility index (Phi) is 4.41. The van der Waals surface area contributed by atoms with Crippen LogP contribution < -0.4 is 5.32 Å². The lowest BCUT2D eigenvalue weighted by molar-refractivity contribution is 0.207. The van der Waals surface area contributed by atoms with E-state index in [9.17, 15) is 0 Å². The predicted molar refractivity (Wildman–Crippen MR) is 72.2 cm³/mol. The lowest BCUT2D eigenvalue weighted by Gasteiger charge is -2.39. The van der Waals surface area contributed by atoms with Gasteiger partial charge in [0.05, 0.1) is 0 Å². The Labute approximate surface area is 109 Å². The first-order valence-corrected chi connectivity index (χ1v) is 6.97. The molecule has 0 saturated heterocycles. The first-order valence-electron chi connectivity index (χ1n) is 6.44. The van der Waals surface area contributed by atoms with E-state index in [-0.39, 0.29) is 5.54 Å². The van der Waals surface area contributed by atoms with Crippen LogP contribution in [0.25, 0.3) is 0 Å². The molecule has 0 amide bonds. The number of nitrogens with one attached hydrogen (secondary N) is 1. The predicted octanol–water partition coefficient (Wildman–Crippen LogP) is 3.36. The van der Waals surface area contributed by atoms with E-state index in [2.05, 4.69) is 29.4 Å². The van der Waals surface area contributed by atoms with Crippen LogP contribution >= 0.6 is 11.6 Å². The summed E-state index contributed by atoms with van der Waals surface area (Å²) in [6, 6.07) is 4.11. The first kappa shape index (κ1) is 12.8. The van der Waals surface area contributed by atoms with Crippen molar-refractivity contribution in [3.63, 3.8) is 0 Å². The highest BCUT2D eigenvalue weighted by atomic mass is 35.5. The van der Waals surface area contributed by atoms with Crippen LogP contribution in [0.5, 0.6) is 0 Å². The molecule has 1 saturated carbocycles. The third-order valence-corrected chi connectivity index (χ3v) is 4.28. The normalized spacial score (nSPS) is 29.2. The molecule has 1 aromatic heterocycles. The highest BCUT2D eigenvalue weighted by molar-refractivity contribution is 6.18. The van der Waals surface area contributed by atoms with Crippen molar-refractivity contribution in [2.24, 2.45) is 5.92 Å². The van der Waals surface area contributed by atoms with Gasteiger partial charge < -0.3 is 5.32 Å². The Hall–Kier alpha value is -0.600. The van der Waals surface area contributed by atoms with E-state index in [4.69, 9.17) is 11.6 Å². The van der Waals surface area contributed by atoms with Gasteiger partial charge in [0.1, 0.15) is 0 Å². The molecule has 0 bridgehead atoms. The molecule has 1 aliphatic rings. The molecule has 0 spiro atoms. The van der Waals surface area contributed by atoms with Crippen LogP contribution in [0, 0.1) is 5.92 Å². The van der Waals surface area contributed by atoms with Crippen molar-refractivity contribution in [3.8, 4) is 0 Å². The summed E-state index contributed by atoms with van der Waals surface area (Å²) >= 11 is 6.19. The fourth-order valence-corrected chi connectivity index (χ4v) is 3.12. The maximum absolute atomic E-state index is 6.19. The summed E-state index contributed by atoms with van der Waals surface area (Å²) < 4.78 is 0. The van der Waals surface area contributed by atoms with Gasteiger partial charge in [0.2, 0.25) is 0 Å². The lowest BCUT2D eigenvalue weighted by Crippen LogP contribution is -2.49. The van der Waals surface area contributed by atoms with Crippen molar-refractivity contribution in [1.82, 2.24) is 10.3 Å². The van der Waals surface area contributed by atoms with E-state index in [0.717, 1.165) is 12.5 Å². The highest BCUT2D eigenvalue weighted by Gasteiger charge is 2.33. The van der Waals surface area contributed by atoms with Crippen molar-refractivity contribution in [2.75, 3.05) is 5.88 Å². The molecule has 94 valence electrons. The van der Waals surface area contributed by atoms with Gasteiger partial charge in [-0.1, -0.05) is 19.8 Å². The van der Waals surface area contributed by atoms with Crippen molar-refractivity contribution in [1.29, 1.82) is 0 Å².